The van der Waals surface area contributed by atoms with Gasteiger partial charge < -0.3 is 5.11 Å². The summed E-state index contributed by atoms with van der Waals surface area (Å²) in [6, 6.07) is 10.5. The fraction of sp³-hybridized carbons (Fsp3) is 0.435. The number of aromatic nitrogens is 2. The van der Waals surface area contributed by atoms with Crippen LogP contribution in [-0.4, -0.2) is 19.7 Å². The number of nitrogens with zero attached hydrogens (tertiary/aromatic N) is 2. The summed E-state index contributed by atoms with van der Waals surface area (Å²) in [5.74, 6) is 0.658. The molecule has 1 aromatic carbocycles. The molecule has 144 valence electrons. The van der Waals surface area contributed by atoms with Crippen LogP contribution in [0.2, 0.25) is 0 Å². The van der Waals surface area contributed by atoms with Crippen LogP contribution >= 0.6 is 10.2 Å². The van der Waals surface area contributed by atoms with Crippen molar-refractivity contribution < 1.29 is 5.11 Å². The first kappa shape index (κ1) is 18.6. The molecule has 4 heteroatoms. The van der Waals surface area contributed by atoms with E-state index in [0.717, 1.165) is 0 Å². The molecule has 1 aliphatic carbocycles. The molecule has 1 fully saturated rings. The number of hydrogen-bond acceptors (Lipinski definition) is 2. The third-order valence-electron chi connectivity index (χ3n) is 5.85. The van der Waals surface area contributed by atoms with E-state index in [1.807, 2.05) is 32.4 Å². The molecule has 4 rings (SSSR count). The first-order valence-electron chi connectivity index (χ1n) is 9.98. The summed E-state index contributed by atoms with van der Waals surface area (Å²) in [6.45, 7) is 3.88. The minimum absolute atomic E-state index is 0.0299. The molecule has 0 bridgehead atoms. The van der Waals surface area contributed by atoms with Gasteiger partial charge in [-0.1, -0.05) is 55.7 Å². The van der Waals surface area contributed by atoms with Crippen molar-refractivity contribution in [3.8, 4) is 0 Å². The number of benzene rings is 1. The largest absolute Gasteiger partial charge is 0.389 e. The van der Waals surface area contributed by atoms with E-state index in [0.29, 0.717) is 5.92 Å². The standard InChI is InChI=1S/C23H30N2OS/c1-23(2,26)22(20-11-7-4-8-12-20)27(25-15-14-24-18-25)16-13-21(17-27)19-9-5-3-6-10-19/h4,7-8,11-19,22,26H,3,5-6,9-10H2,1-2H3. The Balaban J connectivity index is 1.84. The Hall–Kier alpha value is -1.78. The lowest BCUT2D eigenvalue weighted by Crippen LogP contribution is -2.33. The van der Waals surface area contributed by atoms with Gasteiger partial charge in [-0.2, -0.15) is 0 Å². The summed E-state index contributed by atoms with van der Waals surface area (Å²) in [5.41, 5.74) is 1.78. The summed E-state index contributed by atoms with van der Waals surface area (Å²) in [7, 11) is -1.59. The van der Waals surface area contributed by atoms with Gasteiger partial charge in [0.2, 0.25) is 0 Å². The molecular weight excluding hydrogens is 352 g/mol. The molecule has 2 unspecified atom stereocenters. The van der Waals surface area contributed by atoms with E-state index >= 15 is 0 Å². The van der Waals surface area contributed by atoms with E-state index in [2.05, 4.69) is 56.3 Å². The van der Waals surface area contributed by atoms with Crippen LogP contribution < -0.4 is 0 Å². The van der Waals surface area contributed by atoms with Crippen LogP contribution in [0.4, 0.5) is 0 Å². The van der Waals surface area contributed by atoms with Crippen molar-refractivity contribution in [3.05, 3.63) is 77.1 Å². The predicted octanol–water partition coefficient (Wildman–Crippen LogP) is 5.95. The third-order valence-corrected chi connectivity index (χ3v) is 9.62. The molecule has 0 radical (unpaired) electrons. The van der Waals surface area contributed by atoms with Gasteiger partial charge in [-0.05, 0) is 54.6 Å². The van der Waals surface area contributed by atoms with Gasteiger partial charge in [-0.25, -0.2) is 4.98 Å². The zero-order valence-corrected chi connectivity index (χ0v) is 17.1. The Morgan fingerprint density at radius 1 is 1.15 bits per heavy atom. The minimum atomic E-state index is -1.59. The molecule has 1 aliphatic heterocycles. The van der Waals surface area contributed by atoms with Crippen molar-refractivity contribution in [2.45, 2.75) is 56.8 Å². The van der Waals surface area contributed by atoms with Crippen molar-refractivity contribution in [3.63, 3.8) is 0 Å². The molecule has 1 aromatic heterocycles. The molecule has 0 spiro atoms. The number of aliphatic hydroxyl groups is 1. The third kappa shape index (κ3) is 3.53. The SMILES string of the molecule is CC(C)(O)C(c1ccccc1)S1(n2ccnc2)C=CC(C2CCCCC2)=C1. The van der Waals surface area contributed by atoms with Crippen molar-refractivity contribution in [1.82, 2.24) is 8.96 Å². The van der Waals surface area contributed by atoms with Crippen molar-refractivity contribution in [2.75, 3.05) is 0 Å². The van der Waals surface area contributed by atoms with Crippen LogP contribution in [0.15, 0.2) is 71.5 Å². The predicted molar refractivity (Wildman–Crippen MR) is 114 cm³/mol. The number of allylic oxidation sites excluding steroid dienone is 2. The lowest BCUT2D eigenvalue weighted by molar-refractivity contribution is 0.0765. The molecule has 0 saturated heterocycles. The Kier molecular flexibility index (Phi) is 5.04. The number of hydrogen-bond donors (Lipinski definition) is 1. The smallest absolute Gasteiger partial charge is 0.104 e. The van der Waals surface area contributed by atoms with E-state index in [1.165, 1.54) is 43.2 Å². The molecular formula is C23H30N2OS. The Labute approximate surface area is 164 Å². The molecule has 2 aromatic rings. The molecule has 27 heavy (non-hydrogen) atoms. The highest BCUT2D eigenvalue weighted by Gasteiger charge is 2.44. The van der Waals surface area contributed by atoms with Crippen molar-refractivity contribution in [1.29, 1.82) is 0 Å². The van der Waals surface area contributed by atoms with Gasteiger partial charge in [-0.15, -0.1) is 10.2 Å². The van der Waals surface area contributed by atoms with Gasteiger partial charge in [-0.3, -0.25) is 3.97 Å². The molecule has 0 amide bonds. The van der Waals surface area contributed by atoms with Gasteiger partial charge in [0, 0.05) is 12.4 Å². The maximum Gasteiger partial charge on any atom is 0.104 e. The summed E-state index contributed by atoms with van der Waals surface area (Å²) < 4.78 is 2.25. The Morgan fingerprint density at radius 2 is 1.89 bits per heavy atom. The Bertz CT molecular complexity index is 814. The van der Waals surface area contributed by atoms with E-state index in [-0.39, 0.29) is 5.25 Å². The second-order valence-corrected chi connectivity index (χ2v) is 11.2. The number of imidazole rings is 1. The van der Waals surface area contributed by atoms with Crippen molar-refractivity contribution in [2.24, 2.45) is 5.92 Å². The zero-order valence-electron chi connectivity index (χ0n) is 16.3. The fourth-order valence-electron chi connectivity index (χ4n) is 4.70. The number of rotatable bonds is 5. The Morgan fingerprint density at radius 3 is 2.52 bits per heavy atom. The van der Waals surface area contributed by atoms with Crippen LogP contribution in [0.5, 0.6) is 0 Å². The van der Waals surface area contributed by atoms with Gasteiger partial charge in [0.25, 0.3) is 0 Å². The van der Waals surface area contributed by atoms with Crippen LogP contribution in [0.25, 0.3) is 0 Å². The molecule has 3 nitrogen and oxygen atoms in total. The van der Waals surface area contributed by atoms with Crippen LogP contribution in [0, 0.1) is 5.92 Å². The highest BCUT2D eigenvalue weighted by Crippen LogP contribution is 2.70. The van der Waals surface area contributed by atoms with E-state index in [9.17, 15) is 5.11 Å². The first-order chi connectivity index (χ1) is 13.0. The van der Waals surface area contributed by atoms with Gasteiger partial charge in [0.05, 0.1) is 10.9 Å². The maximum atomic E-state index is 11.3. The molecule has 1 N–H and O–H groups in total. The lowest BCUT2D eigenvalue weighted by atomic mass is 9.84. The second kappa shape index (κ2) is 7.33. The quantitative estimate of drug-likeness (QED) is 0.693. The normalized spacial score (nSPS) is 27.1. The maximum absolute atomic E-state index is 11.3. The second-order valence-electron chi connectivity index (χ2n) is 8.35. The van der Waals surface area contributed by atoms with Crippen LogP contribution in [0.3, 0.4) is 0 Å². The monoisotopic (exact) mass is 382 g/mol. The average molecular weight is 383 g/mol. The summed E-state index contributed by atoms with van der Waals surface area (Å²) in [5, 5.41) is 16.1. The van der Waals surface area contributed by atoms with Gasteiger partial charge >= 0.3 is 0 Å². The average Bonchev–Trinajstić information content (AvgIpc) is 3.33. The molecule has 2 aliphatic rings. The summed E-state index contributed by atoms with van der Waals surface area (Å²) >= 11 is 0. The van der Waals surface area contributed by atoms with Crippen LogP contribution in [0.1, 0.15) is 56.8 Å². The van der Waals surface area contributed by atoms with E-state index in [1.54, 1.807) is 0 Å². The van der Waals surface area contributed by atoms with E-state index in [4.69, 9.17) is 0 Å². The summed E-state index contributed by atoms with van der Waals surface area (Å²) in [6.07, 6.45) is 14.8. The van der Waals surface area contributed by atoms with Crippen LogP contribution in [-0.2, 0) is 0 Å². The minimum Gasteiger partial charge on any atom is -0.389 e. The van der Waals surface area contributed by atoms with Gasteiger partial charge in [0.15, 0.2) is 0 Å². The first-order valence-corrected chi connectivity index (χ1v) is 11.8. The fourth-order valence-corrected chi connectivity index (χ4v) is 8.66. The van der Waals surface area contributed by atoms with Crippen molar-refractivity contribution >= 4 is 10.2 Å². The molecule has 2 heterocycles. The highest BCUT2D eigenvalue weighted by atomic mass is 32.3. The van der Waals surface area contributed by atoms with E-state index < -0.39 is 15.8 Å². The molecule has 2 atom stereocenters. The highest BCUT2D eigenvalue weighted by molar-refractivity contribution is 8.37. The zero-order chi connectivity index (χ0) is 18.9. The lowest BCUT2D eigenvalue weighted by Gasteiger charge is -2.47. The van der Waals surface area contributed by atoms with Gasteiger partial charge in [0.1, 0.15) is 6.33 Å². The molecule has 1 saturated carbocycles. The summed E-state index contributed by atoms with van der Waals surface area (Å²) in [4.78, 5) is 4.35. The topological polar surface area (TPSA) is 38.0 Å².